The van der Waals surface area contributed by atoms with E-state index in [1.807, 2.05) is 18.2 Å². The monoisotopic (exact) mass is 214 g/mol. The summed E-state index contributed by atoms with van der Waals surface area (Å²) in [6, 6.07) is 11.9. The number of hydrogen-bond acceptors (Lipinski definition) is 1. The van der Waals surface area contributed by atoms with Crippen LogP contribution in [0.2, 0.25) is 0 Å². The Morgan fingerprint density at radius 2 is 1.62 bits per heavy atom. The van der Waals surface area contributed by atoms with Crippen molar-refractivity contribution in [2.45, 2.75) is 32.6 Å². The molecule has 0 saturated heterocycles. The predicted molar refractivity (Wildman–Crippen MR) is 68.9 cm³/mol. The van der Waals surface area contributed by atoms with Crippen molar-refractivity contribution in [3.8, 4) is 5.75 Å². The van der Waals surface area contributed by atoms with Gasteiger partial charge in [-0.05, 0) is 28.9 Å². The van der Waals surface area contributed by atoms with Crippen molar-refractivity contribution in [1.29, 1.82) is 0 Å². The molecule has 0 aliphatic heterocycles. The molecule has 0 fully saturated rings. The summed E-state index contributed by atoms with van der Waals surface area (Å²) >= 11 is 0. The predicted octanol–water partition coefficient (Wildman–Crippen LogP) is 4.23. The second-order valence-corrected chi connectivity index (χ2v) is 4.92. The second kappa shape index (κ2) is 3.82. The number of phenolic OH excluding ortho intramolecular Hbond substituents is 1. The molecule has 0 aromatic heterocycles. The zero-order valence-corrected chi connectivity index (χ0v) is 10.1. The molecular formula is C15H18O. The van der Waals surface area contributed by atoms with Crippen molar-refractivity contribution in [3.63, 3.8) is 0 Å². The van der Waals surface area contributed by atoms with Crippen molar-refractivity contribution < 1.29 is 5.11 Å². The van der Waals surface area contributed by atoms with Gasteiger partial charge in [-0.15, -0.1) is 0 Å². The molecule has 16 heavy (non-hydrogen) atoms. The van der Waals surface area contributed by atoms with Crippen LogP contribution in [0.4, 0.5) is 0 Å². The van der Waals surface area contributed by atoms with E-state index in [1.165, 1.54) is 5.56 Å². The van der Waals surface area contributed by atoms with Crippen LogP contribution >= 0.6 is 0 Å². The van der Waals surface area contributed by atoms with Gasteiger partial charge in [0.05, 0.1) is 0 Å². The van der Waals surface area contributed by atoms with Crippen LogP contribution in [0.25, 0.3) is 10.8 Å². The van der Waals surface area contributed by atoms with E-state index in [1.54, 1.807) is 6.07 Å². The van der Waals surface area contributed by atoms with E-state index in [-0.39, 0.29) is 5.41 Å². The molecule has 0 amide bonds. The SMILES string of the molecule is CCC(C)(C)c1cccc2c(O)cccc12. The van der Waals surface area contributed by atoms with E-state index < -0.39 is 0 Å². The molecule has 2 aromatic rings. The van der Waals surface area contributed by atoms with Crippen molar-refractivity contribution in [2.24, 2.45) is 0 Å². The van der Waals surface area contributed by atoms with Gasteiger partial charge in [0.1, 0.15) is 5.75 Å². The van der Waals surface area contributed by atoms with Crippen molar-refractivity contribution in [1.82, 2.24) is 0 Å². The minimum absolute atomic E-state index is 0.146. The van der Waals surface area contributed by atoms with Gasteiger partial charge in [-0.1, -0.05) is 51.1 Å². The van der Waals surface area contributed by atoms with Crippen LogP contribution < -0.4 is 0 Å². The summed E-state index contributed by atoms with van der Waals surface area (Å²) in [5.41, 5.74) is 1.45. The van der Waals surface area contributed by atoms with E-state index in [2.05, 4.69) is 32.9 Å². The lowest BCUT2D eigenvalue weighted by atomic mass is 9.80. The normalized spacial score (nSPS) is 11.9. The van der Waals surface area contributed by atoms with Crippen LogP contribution in [-0.2, 0) is 5.41 Å². The van der Waals surface area contributed by atoms with Crippen LogP contribution in [0.5, 0.6) is 5.75 Å². The highest BCUT2D eigenvalue weighted by molar-refractivity contribution is 5.91. The standard InChI is InChI=1S/C15H18O/c1-4-15(2,3)13-9-5-8-12-11(13)7-6-10-14(12)16/h5-10,16H,4H2,1-3H3. The highest BCUT2D eigenvalue weighted by Crippen LogP contribution is 2.35. The Labute approximate surface area is 96.7 Å². The Morgan fingerprint density at radius 3 is 2.31 bits per heavy atom. The molecule has 0 spiro atoms. The Bertz CT molecular complexity index is 512. The van der Waals surface area contributed by atoms with E-state index in [9.17, 15) is 5.11 Å². The van der Waals surface area contributed by atoms with E-state index >= 15 is 0 Å². The molecule has 0 bridgehead atoms. The maximum absolute atomic E-state index is 9.83. The lowest BCUT2D eigenvalue weighted by molar-refractivity contribution is 0.481. The first kappa shape index (κ1) is 11.0. The summed E-state index contributed by atoms with van der Waals surface area (Å²) in [5, 5.41) is 11.9. The van der Waals surface area contributed by atoms with Crippen molar-refractivity contribution in [2.75, 3.05) is 0 Å². The molecule has 0 aliphatic carbocycles. The van der Waals surface area contributed by atoms with Gasteiger partial charge in [0.2, 0.25) is 0 Å². The minimum atomic E-state index is 0.146. The summed E-state index contributed by atoms with van der Waals surface area (Å²) in [5.74, 6) is 0.367. The fraction of sp³-hybridized carbons (Fsp3) is 0.333. The van der Waals surface area contributed by atoms with Gasteiger partial charge >= 0.3 is 0 Å². The molecule has 0 atom stereocenters. The Balaban J connectivity index is 2.77. The molecule has 1 nitrogen and oxygen atoms in total. The third kappa shape index (κ3) is 1.67. The molecule has 2 aromatic carbocycles. The third-order valence-corrected chi connectivity index (χ3v) is 3.51. The molecule has 2 rings (SSSR count). The maximum Gasteiger partial charge on any atom is 0.123 e. The van der Waals surface area contributed by atoms with Gasteiger partial charge in [-0.3, -0.25) is 0 Å². The minimum Gasteiger partial charge on any atom is -0.507 e. The van der Waals surface area contributed by atoms with Crippen LogP contribution in [-0.4, -0.2) is 5.11 Å². The number of aromatic hydroxyl groups is 1. The molecule has 0 radical (unpaired) electrons. The van der Waals surface area contributed by atoms with Crippen molar-refractivity contribution >= 4 is 10.8 Å². The average molecular weight is 214 g/mol. The lowest BCUT2D eigenvalue weighted by Crippen LogP contribution is -2.15. The highest BCUT2D eigenvalue weighted by atomic mass is 16.3. The fourth-order valence-corrected chi connectivity index (χ4v) is 2.07. The second-order valence-electron chi connectivity index (χ2n) is 4.92. The van der Waals surface area contributed by atoms with Crippen molar-refractivity contribution in [3.05, 3.63) is 42.0 Å². The third-order valence-electron chi connectivity index (χ3n) is 3.51. The van der Waals surface area contributed by atoms with Gasteiger partial charge < -0.3 is 5.11 Å². The van der Waals surface area contributed by atoms with E-state index in [0.717, 1.165) is 17.2 Å². The summed E-state index contributed by atoms with van der Waals surface area (Å²) in [6.45, 7) is 6.68. The lowest BCUT2D eigenvalue weighted by Gasteiger charge is -2.25. The topological polar surface area (TPSA) is 20.2 Å². The quantitative estimate of drug-likeness (QED) is 0.793. The van der Waals surface area contributed by atoms with Crippen LogP contribution in [0.3, 0.4) is 0 Å². The first-order valence-corrected chi connectivity index (χ1v) is 5.77. The smallest absolute Gasteiger partial charge is 0.123 e. The largest absolute Gasteiger partial charge is 0.507 e. The van der Waals surface area contributed by atoms with Crippen LogP contribution in [0.1, 0.15) is 32.8 Å². The molecule has 1 heteroatoms. The first-order valence-electron chi connectivity index (χ1n) is 5.77. The van der Waals surface area contributed by atoms with Gasteiger partial charge in [0.15, 0.2) is 0 Å². The summed E-state index contributed by atoms with van der Waals surface area (Å²) in [6.07, 6.45) is 1.09. The first-order chi connectivity index (χ1) is 7.56. The van der Waals surface area contributed by atoms with Gasteiger partial charge in [-0.25, -0.2) is 0 Å². The molecule has 0 saturated carbocycles. The Kier molecular flexibility index (Phi) is 2.63. The van der Waals surface area contributed by atoms with E-state index in [4.69, 9.17) is 0 Å². The number of benzene rings is 2. The number of rotatable bonds is 2. The van der Waals surface area contributed by atoms with E-state index in [0.29, 0.717) is 5.75 Å². The van der Waals surface area contributed by atoms with Gasteiger partial charge in [0, 0.05) is 5.39 Å². The summed E-state index contributed by atoms with van der Waals surface area (Å²) in [4.78, 5) is 0. The molecule has 1 N–H and O–H groups in total. The highest BCUT2D eigenvalue weighted by Gasteiger charge is 2.20. The number of hydrogen-bond donors (Lipinski definition) is 1. The molecular weight excluding hydrogens is 196 g/mol. The Morgan fingerprint density at radius 1 is 1.00 bits per heavy atom. The molecule has 0 aliphatic rings. The Hall–Kier alpha value is -1.50. The summed E-state index contributed by atoms with van der Waals surface area (Å²) < 4.78 is 0. The molecule has 0 unspecified atom stereocenters. The van der Waals surface area contributed by atoms with Gasteiger partial charge in [0.25, 0.3) is 0 Å². The average Bonchev–Trinajstić information content (AvgIpc) is 2.29. The van der Waals surface area contributed by atoms with Crippen LogP contribution in [0, 0.1) is 0 Å². The maximum atomic E-state index is 9.83. The molecule has 0 heterocycles. The van der Waals surface area contributed by atoms with Crippen LogP contribution in [0.15, 0.2) is 36.4 Å². The number of phenols is 1. The zero-order valence-electron chi connectivity index (χ0n) is 10.1. The summed E-state index contributed by atoms with van der Waals surface area (Å²) in [7, 11) is 0. The van der Waals surface area contributed by atoms with Gasteiger partial charge in [-0.2, -0.15) is 0 Å². The zero-order chi connectivity index (χ0) is 11.8. The number of fused-ring (bicyclic) bond motifs is 1. The molecule has 84 valence electrons. The fourth-order valence-electron chi connectivity index (χ4n) is 2.07.